The van der Waals surface area contributed by atoms with Crippen LogP contribution in [0, 0.1) is 6.92 Å². The van der Waals surface area contributed by atoms with Crippen molar-refractivity contribution >= 4 is 31.9 Å². The second-order valence-corrected chi connectivity index (χ2v) is 5.17. The van der Waals surface area contributed by atoms with Crippen molar-refractivity contribution in [2.75, 3.05) is 0 Å². The fourth-order valence-electron chi connectivity index (χ4n) is 1.54. The predicted octanol–water partition coefficient (Wildman–Crippen LogP) is 5.44. The molecule has 0 bridgehead atoms. The quantitative estimate of drug-likeness (QED) is 0.665. The Bertz CT molecular complexity index is 523. The van der Waals surface area contributed by atoms with Crippen LogP contribution in [0.15, 0.2) is 46.9 Å². The minimum Gasteiger partial charge on any atom is -0.456 e. The molecule has 0 aliphatic carbocycles. The van der Waals surface area contributed by atoms with Crippen LogP contribution in [0.3, 0.4) is 0 Å². The largest absolute Gasteiger partial charge is 0.456 e. The van der Waals surface area contributed by atoms with E-state index in [2.05, 4.69) is 50.9 Å². The van der Waals surface area contributed by atoms with Gasteiger partial charge in [-0.3, -0.25) is 0 Å². The Kier molecular flexibility index (Phi) is 4.24. The van der Waals surface area contributed by atoms with Crippen molar-refractivity contribution in [3.63, 3.8) is 0 Å². The zero-order valence-corrected chi connectivity index (χ0v) is 12.6. The number of para-hydroxylation sites is 1. The molecule has 17 heavy (non-hydrogen) atoms. The van der Waals surface area contributed by atoms with Gasteiger partial charge < -0.3 is 4.74 Å². The Hall–Kier alpha value is -0.800. The standard InChI is InChI=1S/C14H12Br2O/c1-10-8-12(7-6-11(10)9-15)17-14-5-3-2-4-13(14)16/h2-8H,9H2,1H3. The highest BCUT2D eigenvalue weighted by molar-refractivity contribution is 9.10. The summed E-state index contributed by atoms with van der Waals surface area (Å²) in [4.78, 5) is 0. The first-order chi connectivity index (χ1) is 8.20. The van der Waals surface area contributed by atoms with E-state index in [9.17, 15) is 0 Å². The number of rotatable bonds is 3. The van der Waals surface area contributed by atoms with E-state index in [1.54, 1.807) is 0 Å². The van der Waals surface area contributed by atoms with Gasteiger partial charge in [0.05, 0.1) is 4.47 Å². The molecular formula is C14H12Br2O. The Balaban J connectivity index is 2.25. The molecule has 88 valence electrons. The molecule has 0 aliphatic rings. The molecule has 0 spiro atoms. The van der Waals surface area contributed by atoms with Gasteiger partial charge in [-0.15, -0.1) is 0 Å². The van der Waals surface area contributed by atoms with Gasteiger partial charge in [0.2, 0.25) is 0 Å². The molecule has 0 amide bonds. The number of aryl methyl sites for hydroxylation is 1. The molecular weight excluding hydrogens is 344 g/mol. The molecule has 3 heteroatoms. The van der Waals surface area contributed by atoms with Crippen LogP contribution in [0.4, 0.5) is 0 Å². The monoisotopic (exact) mass is 354 g/mol. The molecule has 0 N–H and O–H groups in total. The number of alkyl halides is 1. The number of benzene rings is 2. The zero-order valence-electron chi connectivity index (χ0n) is 9.41. The molecule has 2 aromatic carbocycles. The molecule has 0 atom stereocenters. The van der Waals surface area contributed by atoms with Gasteiger partial charge in [-0.05, 0) is 58.2 Å². The summed E-state index contributed by atoms with van der Waals surface area (Å²) in [5.74, 6) is 1.69. The normalized spacial score (nSPS) is 10.3. The van der Waals surface area contributed by atoms with E-state index in [-0.39, 0.29) is 0 Å². The van der Waals surface area contributed by atoms with Gasteiger partial charge in [0.15, 0.2) is 0 Å². The van der Waals surface area contributed by atoms with Gasteiger partial charge in [0.1, 0.15) is 11.5 Å². The van der Waals surface area contributed by atoms with Crippen LogP contribution in [-0.2, 0) is 5.33 Å². The van der Waals surface area contributed by atoms with Gasteiger partial charge in [-0.25, -0.2) is 0 Å². The van der Waals surface area contributed by atoms with Crippen LogP contribution in [0.1, 0.15) is 11.1 Å². The molecule has 2 rings (SSSR count). The van der Waals surface area contributed by atoms with E-state index in [4.69, 9.17) is 4.74 Å². The molecule has 2 aromatic rings. The SMILES string of the molecule is Cc1cc(Oc2ccccc2Br)ccc1CBr. The van der Waals surface area contributed by atoms with Crippen LogP contribution in [0.25, 0.3) is 0 Å². The van der Waals surface area contributed by atoms with Crippen molar-refractivity contribution in [3.05, 3.63) is 58.1 Å². The van der Waals surface area contributed by atoms with Gasteiger partial charge >= 0.3 is 0 Å². The third-order valence-electron chi connectivity index (χ3n) is 2.52. The lowest BCUT2D eigenvalue weighted by atomic mass is 10.1. The molecule has 0 saturated carbocycles. The third kappa shape index (κ3) is 3.11. The van der Waals surface area contributed by atoms with E-state index < -0.39 is 0 Å². The van der Waals surface area contributed by atoms with Crippen molar-refractivity contribution in [1.82, 2.24) is 0 Å². The summed E-state index contributed by atoms with van der Waals surface area (Å²) in [6.07, 6.45) is 0. The first kappa shape index (κ1) is 12.7. The average molecular weight is 356 g/mol. The lowest BCUT2D eigenvalue weighted by molar-refractivity contribution is 0.479. The number of hydrogen-bond acceptors (Lipinski definition) is 1. The van der Waals surface area contributed by atoms with Crippen molar-refractivity contribution in [1.29, 1.82) is 0 Å². The van der Waals surface area contributed by atoms with Gasteiger partial charge in [-0.1, -0.05) is 34.1 Å². The zero-order chi connectivity index (χ0) is 12.3. The van der Waals surface area contributed by atoms with E-state index >= 15 is 0 Å². The van der Waals surface area contributed by atoms with Crippen LogP contribution in [-0.4, -0.2) is 0 Å². The second kappa shape index (κ2) is 5.69. The maximum Gasteiger partial charge on any atom is 0.141 e. The molecule has 0 fully saturated rings. The summed E-state index contributed by atoms with van der Waals surface area (Å²) in [6, 6.07) is 14.0. The predicted molar refractivity (Wildman–Crippen MR) is 78.0 cm³/mol. The third-order valence-corrected chi connectivity index (χ3v) is 3.78. The highest BCUT2D eigenvalue weighted by atomic mass is 79.9. The van der Waals surface area contributed by atoms with E-state index in [0.29, 0.717) is 0 Å². The molecule has 0 aliphatic heterocycles. The number of halogens is 2. The van der Waals surface area contributed by atoms with E-state index in [0.717, 1.165) is 21.3 Å². The van der Waals surface area contributed by atoms with Crippen molar-refractivity contribution in [2.24, 2.45) is 0 Å². The first-order valence-corrected chi connectivity index (χ1v) is 7.20. The second-order valence-electron chi connectivity index (χ2n) is 3.75. The van der Waals surface area contributed by atoms with Crippen LogP contribution in [0.2, 0.25) is 0 Å². The summed E-state index contributed by atoms with van der Waals surface area (Å²) < 4.78 is 6.79. The molecule has 1 nitrogen and oxygen atoms in total. The van der Waals surface area contributed by atoms with E-state index in [1.165, 1.54) is 11.1 Å². The van der Waals surface area contributed by atoms with Gasteiger partial charge in [-0.2, -0.15) is 0 Å². The summed E-state index contributed by atoms with van der Waals surface area (Å²) in [7, 11) is 0. The van der Waals surface area contributed by atoms with Crippen LogP contribution < -0.4 is 4.74 Å². The fourth-order valence-corrected chi connectivity index (χ4v) is 2.53. The summed E-state index contributed by atoms with van der Waals surface area (Å²) in [5, 5.41) is 0.869. The fraction of sp³-hybridized carbons (Fsp3) is 0.143. The maximum atomic E-state index is 5.83. The smallest absolute Gasteiger partial charge is 0.141 e. The highest BCUT2D eigenvalue weighted by Crippen LogP contribution is 2.30. The molecule has 0 radical (unpaired) electrons. The Morgan fingerprint density at radius 1 is 1.12 bits per heavy atom. The lowest BCUT2D eigenvalue weighted by Gasteiger charge is -2.09. The van der Waals surface area contributed by atoms with Crippen molar-refractivity contribution < 1.29 is 4.74 Å². The minimum atomic E-state index is 0.832. The highest BCUT2D eigenvalue weighted by Gasteiger charge is 2.03. The van der Waals surface area contributed by atoms with Crippen LogP contribution in [0.5, 0.6) is 11.5 Å². The van der Waals surface area contributed by atoms with Crippen molar-refractivity contribution in [2.45, 2.75) is 12.3 Å². The molecule has 0 heterocycles. The molecule has 0 saturated heterocycles. The number of ether oxygens (including phenoxy) is 1. The Morgan fingerprint density at radius 3 is 2.53 bits per heavy atom. The summed E-state index contributed by atoms with van der Waals surface area (Å²) in [6.45, 7) is 2.09. The Morgan fingerprint density at radius 2 is 1.88 bits per heavy atom. The Labute approximate surface area is 118 Å². The summed E-state index contributed by atoms with van der Waals surface area (Å²) >= 11 is 6.93. The van der Waals surface area contributed by atoms with Crippen molar-refractivity contribution in [3.8, 4) is 11.5 Å². The van der Waals surface area contributed by atoms with E-state index in [1.807, 2.05) is 30.3 Å². The summed E-state index contributed by atoms with van der Waals surface area (Å²) in [5.41, 5.74) is 2.51. The number of hydrogen-bond donors (Lipinski definition) is 0. The van der Waals surface area contributed by atoms with Gasteiger partial charge in [0.25, 0.3) is 0 Å². The topological polar surface area (TPSA) is 9.23 Å². The van der Waals surface area contributed by atoms with Gasteiger partial charge in [0, 0.05) is 5.33 Å². The maximum absolute atomic E-state index is 5.83. The average Bonchev–Trinajstić information content (AvgIpc) is 2.32. The lowest BCUT2D eigenvalue weighted by Crippen LogP contribution is -1.89. The van der Waals surface area contributed by atoms with Crippen LogP contribution >= 0.6 is 31.9 Å². The molecule has 0 unspecified atom stereocenters. The minimum absolute atomic E-state index is 0.832. The first-order valence-electron chi connectivity index (χ1n) is 5.28. The molecule has 0 aromatic heterocycles.